The molecule has 1 aliphatic heterocycles. The van der Waals surface area contributed by atoms with Gasteiger partial charge in [0.15, 0.2) is 0 Å². The van der Waals surface area contributed by atoms with Gasteiger partial charge in [0.05, 0.1) is 11.3 Å². The second kappa shape index (κ2) is 7.32. The number of hydrogen-bond acceptors (Lipinski definition) is 4. The van der Waals surface area contributed by atoms with Gasteiger partial charge < -0.3 is 14.6 Å². The van der Waals surface area contributed by atoms with E-state index >= 15 is 0 Å². The molecule has 4 rings (SSSR count). The molecule has 1 unspecified atom stereocenters. The molecule has 0 bridgehead atoms. The Morgan fingerprint density at radius 2 is 1.93 bits per heavy atom. The smallest absolute Gasteiger partial charge is 0.229 e. The summed E-state index contributed by atoms with van der Waals surface area (Å²) in [6, 6.07) is 16.1. The summed E-state index contributed by atoms with van der Waals surface area (Å²) in [5, 5.41) is 3.37. The number of hydrogen-bond donors (Lipinski definition) is 1. The highest BCUT2D eigenvalue weighted by molar-refractivity contribution is 5.96. The van der Waals surface area contributed by atoms with Gasteiger partial charge in [0.2, 0.25) is 11.8 Å². The van der Waals surface area contributed by atoms with Crippen LogP contribution in [0.1, 0.15) is 17.9 Å². The molecule has 6 heteroatoms. The zero-order chi connectivity index (χ0) is 18.8. The van der Waals surface area contributed by atoms with E-state index in [9.17, 15) is 9.18 Å². The number of aromatic nitrogens is 1. The Bertz CT molecular complexity index is 955. The first-order valence-electron chi connectivity index (χ1n) is 8.92. The van der Waals surface area contributed by atoms with Crippen molar-refractivity contribution in [2.75, 3.05) is 11.4 Å². The SMILES string of the molecule is Cc1oc(-c2ccccc2F)nc1CNC1CC(=O)N(c2ccccc2)C1. The van der Waals surface area contributed by atoms with Gasteiger partial charge in [-0.1, -0.05) is 30.3 Å². The topological polar surface area (TPSA) is 58.4 Å². The first-order chi connectivity index (χ1) is 13.1. The van der Waals surface area contributed by atoms with E-state index < -0.39 is 0 Å². The van der Waals surface area contributed by atoms with Gasteiger partial charge in [0, 0.05) is 31.2 Å². The first-order valence-corrected chi connectivity index (χ1v) is 8.92. The molecule has 138 valence electrons. The monoisotopic (exact) mass is 365 g/mol. The van der Waals surface area contributed by atoms with E-state index in [-0.39, 0.29) is 23.7 Å². The summed E-state index contributed by atoms with van der Waals surface area (Å²) in [5.41, 5.74) is 1.98. The number of amides is 1. The summed E-state index contributed by atoms with van der Waals surface area (Å²) < 4.78 is 19.6. The number of anilines is 1. The third-order valence-corrected chi connectivity index (χ3v) is 4.75. The van der Waals surface area contributed by atoms with E-state index in [4.69, 9.17) is 4.42 Å². The first kappa shape index (κ1) is 17.4. The predicted molar refractivity (Wildman–Crippen MR) is 101 cm³/mol. The number of nitrogens with zero attached hydrogens (tertiary/aromatic N) is 2. The molecule has 0 spiro atoms. The number of carbonyl (C=O) groups is 1. The maximum Gasteiger partial charge on any atom is 0.229 e. The lowest BCUT2D eigenvalue weighted by Gasteiger charge is -2.16. The Morgan fingerprint density at radius 1 is 1.19 bits per heavy atom. The highest BCUT2D eigenvalue weighted by atomic mass is 19.1. The average molecular weight is 365 g/mol. The summed E-state index contributed by atoms with van der Waals surface area (Å²) in [6.45, 7) is 2.88. The number of halogens is 1. The van der Waals surface area contributed by atoms with Gasteiger partial charge in [0.1, 0.15) is 11.6 Å². The highest BCUT2D eigenvalue weighted by Gasteiger charge is 2.30. The van der Waals surface area contributed by atoms with Crippen LogP contribution in [-0.4, -0.2) is 23.5 Å². The van der Waals surface area contributed by atoms with Gasteiger partial charge in [-0.05, 0) is 31.2 Å². The number of aryl methyl sites for hydroxylation is 1. The van der Waals surface area contributed by atoms with Crippen molar-refractivity contribution in [2.45, 2.75) is 25.9 Å². The number of oxazole rings is 1. The van der Waals surface area contributed by atoms with Gasteiger partial charge >= 0.3 is 0 Å². The molecule has 5 nitrogen and oxygen atoms in total. The van der Waals surface area contributed by atoms with Crippen molar-refractivity contribution in [1.29, 1.82) is 0 Å². The van der Waals surface area contributed by atoms with E-state index in [2.05, 4.69) is 10.3 Å². The molecule has 1 saturated heterocycles. The number of nitrogens with one attached hydrogen (secondary N) is 1. The zero-order valence-electron chi connectivity index (χ0n) is 15.0. The third-order valence-electron chi connectivity index (χ3n) is 4.75. The zero-order valence-corrected chi connectivity index (χ0v) is 15.0. The van der Waals surface area contributed by atoms with Crippen LogP contribution in [0, 0.1) is 12.7 Å². The molecule has 1 amide bonds. The molecular weight excluding hydrogens is 345 g/mol. The van der Waals surface area contributed by atoms with Crippen molar-refractivity contribution >= 4 is 11.6 Å². The van der Waals surface area contributed by atoms with Crippen molar-refractivity contribution in [3.63, 3.8) is 0 Å². The Labute approximate surface area is 156 Å². The van der Waals surface area contributed by atoms with Gasteiger partial charge in [-0.2, -0.15) is 0 Å². The third kappa shape index (κ3) is 3.61. The summed E-state index contributed by atoms with van der Waals surface area (Å²) >= 11 is 0. The molecule has 3 aromatic rings. The molecule has 1 N–H and O–H groups in total. The van der Waals surface area contributed by atoms with Crippen molar-refractivity contribution in [1.82, 2.24) is 10.3 Å². The van der Waals surface area contributed by atoms with Crippen LogP contribution in [0.15, 0.2) is 59.0 Å². The minimum Gasteiger partial charge on any atom is -0.441 e. The van der Waals surface area contributed by atoms with Crippen LogP contribution in [0.5, 0.6) is 0 Å². The predicted octanol–water partition coefficient (Wildman–Crippen LogP) is 3.68. The van der Waals surface area contributed by atoms with Crippen molar-refractivity contribution < 1.29 is 13.6 Å². The van der Waals surface area contributed by atoms with E-state index in [1.165, 1.54) is 6.07 Å². The minimum atomic E-state index is -0.363. The summed E-state index contributed by atoms with van der Waals surface area (Å²) in [7, 11) is 0. The van der Waals surface area contributed by atoms with Crippen LogP contribution in [0.2, 0.25) is 0 Å². The second-order valence-corrected chi connectivity index (χ2v) is 6.62. The minimum absolute atomic E-state index is 0.0331. The van der Waals surface area contributed by atoms with Crippen LogP contribution in [-0.2, 0) is 11.3 Å². The number of benzene rings is 2. The molecule has 2 aromatic carbocycles. The maximum atomic E-state index is 13.9. The fourth-order valence-corrected chi connectivity index (χ4v) is 3.28. The molecule has 1 aromatic heterocycles. The molecule has 0 saturated carbocycles. The number of para-hydroxylation sites is 1. The maximum absolute atomic E-state index is 13.9. The molecule has 0 aliphatic carbocycles. The molecule has 27 heavy (non-hydrogen) atoms. The van der Waals surface area contributed by atoms with Crippen LogP contribution < -0.4 is 10.2 Å². The lowest BCUT2D eigenvalue weighted by Crippen LogP contribution is -2.32. The van der Waals surface area contributed by atoms with Crippen molar-refractivity contribution in [3.8, 4) is 11.5 Å². The largest absolute Gasteiger partial charge is 0.441 e. The van der Waals surface area contributed by atoms with Gasteiger partial charge in [-0.15, -0.1) is 0 Å². The average Bonchev–Trinajstić information content (AvgIpc) is 3.23. The van der Waals surface area contributed by atoms with Gasteiger partial charge in [-0.25, -0.2) is 9.37 Å². The van der Waals surface area contributed by atoms with Crippen LogP contribution in [0.25, 0.3) is 11.5 Å². The Balaban J connectivity index is 1.43. The lowest BCUT2D eigenvalue weighted by atomic mass is 10.2. The molecule has 2 heterocycles. The summed E-state index contributed by atoms with van der Waals surface area (Å²) in [6.07, 6.45) is 0.436. The van der Waals surface area contributed by atoms with E-state index in [1.54, 1.807) is 23.1 Å². The molecular formula is C21H20FN3O2. The molecule has 1 fully saturated rings. The van der Waals surface area contributed by atoms with Gasteiger partial charge in [0.25, 0.3) is 0 Å². The lowest BCUT2D eigenvalue weighted by molar-refractivity contribution is -0.117. The molecule has 1 aliphatic rings. The fraction of sp³-hybridized carbons (Fsp3) is 0.238. The summed E-state index contributed by atoms with van der Waals surface area (Å²) in [4.78, 5) is 18.5. The normalized spacial score (nSPS) is 16.9. The van der Waals surface area contributed by atoms with E-state index in [0.717, 1.165) is 11.4 Å². The molecule has 0 radical (unpaired) electrons. The van der Waals surface area contributed by atoms with Crippen molar-refractivity contribution in [3.05, 3.63) is 71.9 Å². The van der Waals surface area contributed by atoms with Crippen LogP contribution in [0.3, 0.4) is 0 Å². The summed E-state index contributed by atoms with van der Waals surface area (Å²) in [5.74, 6) is 0.654. The van der Waals surface area contributed by atoms with Crippen molar-refractivity contribution in [2.24, 2.45) is 0 Å². The number of rotatable bonds is 5. The Hall–Kier alpha value is -2.99. The second-order valence-electron chi connectivity index (χ2n) is 6.62. The quantitative estimate of drug-likeness (QED) is 0.749. The van der Waals surface area contributed by atoms with Crippen LogP contribution >= 0.6 is 0 Å². The van der Waals surface area contributed by atoms with Gasteiger partial charge in [-0.3, -0.25) is 4.79 Å². The van der Waals surface area contributed by atoms with Crippen LogP contribution in [0.4, 0.5) is 10.1 Å². The Kier molecular flexibility index (Phi) is 4.73. The van der Waals surface area contributed by atoms with E-state index in [0.29, 0.717) is 30.8 Å². The molecule has 1 atom stereocenters. The number of carbonyl (C=O) groups excluding carboxylic acids is 1. The Morgan fingerprint density at radius 3 is 2.70 bits per heavy atom. The fourth-order valence-electron chi connectivity index (χ4n) is 3.28. The highest BCUT2D eigenvalue weighted by Crippen LogP contribution is 2.25. The standard InChI is InChI=1S/C21H20FN3O2/c1-14-19(24-21(27-14)17-9-5-6-10-18(17)22)12-23-15-11-20(26)25(13-15)16-7-3-2-4-8-16/h2-10,15,23H,11-13H2,1H3. The van der Waals surface area contributed by atoms with E-state index in [1.807, 2.05) is 37.3 Å².